The van der Waals surface area contributed by atoms with Crippen molar-refractivity contribution in [2.45, 2.75) is 26.2 Å². The molecule has 0 amide bonds. The number of nitrogens with one attached hydrogen (secondary N) is 1. The number of anilines is 2. The lowest BCUT2D eigenvalue weighted by Crippen LogP contribution is -2.14. The number of fused-ring (bicyclic) bond motifs is 1. The largest absolute Gasteiger partial charge is 0.311 e. The predicted molar refractivity (Wildman–Crippen MR) is 83.3 cm³/mol. The van der Waals surface area contributed by atoms with Crippen molar-refractivity contribution in [2.24, 2.45) is 0 Å². The standard InChI is InChI=1S/C14H17ClN6/c1-14(2,3)10-8-11(18-17-10)20(4)12-9-6-5-7-21(9)19-13(15)16-12/h5-8H,1-4H3,(H,17,18). The highest BCUT2D eigenvalue weighted by Crippen LogP contribution is 2.28. The third-order valence-electron chi connectivity index (χ3n) is 3.38. The molecule has 3 rings (SSSR count). The number of aromatic amines is 1. The van der Waals surface area contributed by atoms with Crippen LogP contribution in [0.4, 0.5) is 11.6 Å². The summed E-state index contributed by atoms with van der Waals surface area (Å²) in [7, 11) is 1.91. The molecule has 3 heterocycles. The molecule has 0 spiro atoms. The Bertz CT molecular complexity index is 782. The van der Waals surface area contributed by atoms with Crippen LogP contribution in [0, 0.1) is 0 Å². The van der Waals surface area contributed by atoms with Crippen LogP contribution in [0.3, 0.4) is 0 Å². The summed E-state index contributed by atoms with van der Waals surface area (Å²) in [5.41, 5.74) is 1.96. The zero-order chi connectivity index (χ0) is 15.2. The van der Waals surface area contributed by atoms with Gasteiger partial charge in [-0.05, 0) is 23.7 Å². The number of hydrogen-bond donors (Lipinski definition) is 1. The van der Waals surface area contributed by atoms with Crippen LogP contribution in [0.15, 0.2) is 24.4 Å². The highest BCUT2D eigenvalue weighted by Gasteiger charge is 2.20. The first kappa shape index (κ1) is 13.9. The maximum absolute atomic E-state index is 5.99. The minimum Gasteiger partial charge on any atom is -0.311 e. The molecule has 0 saturated heterocycles. The summed E-state index contributed by atoms with van der Waals surface area (Å²) in [6.07, 6.45) is 1.84. The average Bonchev–Trinajstić information content (AvgIpc) is 3.04. The van der Waals surface area contributed by atoms with Crippen molar-refractivity contribution in [3.8, 4) is 0 Å². The fourth-order valence-electron chi connectivity index (χ4n) is 2.11. The molecular weight excluding hydrogens is 288 g/mol. The van der Waals surface area contributed by atoms with Gasteiger partial charge in [0.2, 0.25) is 5.28 Å². The fraction of sp³-hybridized carbons (Fsp3) is 0.357. The summed E-state index contributed by atoms with van der Waals surface area (Å²) >= 11 is 5.99. The van der Waals surface area contributed by atoms with Gasteiger partial charge in [-0.3, -0.25) is 5.10 Å². The van der Waals surface area contributed by atoms with E-state index in [1.165, 1.54) is 0 Å². The first-order chi connectivity index (χ1) is 9.86. The van der Waals surface area contributed by atoms with E-state index in [0.717, 1.165) is 17.0 Å². The van der Waals surface area contributed by atoms with E-state index in [-0.39, 0.29) is 10.7 Å². The van der Waals surface area contributed by atoms with Gasteiger partial charge >= 0.3 is 0 Å². The first-order valence-corrected chi connectivity index (χ1v) is 7.04. The molecule has 0 bridgehead atoms. The zero-order valence-electron chi connectivity index (χ0n) is 12.4. The topological polar surface area (TPSA) is 62.1 Å². The van der Waals surface area contributed by atoms with Crippen LogP contribution >= 0.6 is 11.6 Å². The molecule has 0 fully saturated rings. The molecule has 0 aromatic carbocycles. The molecule has 0 saturated carbocycles. The van der Waals surface area contributed by atoms with Gasteiger partial charge < -0.3 is 4.90 Å². The van der Waals surface area contributed by atoms with Crippen LogP contribution in [0.5, 0.6) is 0 Å². The molecular formula is C14H17ClN6. The summed E-state index contributed by atoms with van der Waals surface area (Å²) in [5, 5.41) is 11.8. The van der Waals surface area contributed by atoms with E-state index in [9.17, 15) is 0 Å². The molecule has 6 nitrogen and oxygen atoms in total. The molecule has 0 aliphatic carbocycles. The van der Waals surface area contributed by atoms with Crippen molar-refractivity contribution in [1.82, 2.24) is 24.8 Å². The summed E-state index contributed by atoms with van der Waals surface area (Å²) in [4.78, 5) is 6.22. The van der Waals surface area contributed by atoms with E-state index in [1.54, 1.807) is 4.52 Å². The van der Waals surface area contributed by atoms with Crippen LogP contribution in [0.1, 0.15) is 26.5 Å². The van der Waals surface area contributed by atoms with E-state index in [0.29, 0.717) is 5.82 Å². The smallest absolute Gasteiger partial charge is 0.243 e. The van der Waals surface area contributed by atoms with Gasteiger partial charge in [-0.25, -0.2) is 4.52 Å². The van der Waals surface area contributed by atoms with Gasteiger partial charge in [-0.1, -0.05) is 20.8 Å². The molecule has 0 aliphatic heterocycles. The lowest BCUT2D eigenvalue weighted by atomic mass is 9.92. The van der Waals surface area contributed by atoms with E-state index in [4.69, 9.17) is 11.6 Å². The Morgan fingerprint density at radius 3 is 2.76 bits per heavy atom. The second-order valence-electron chi connectivity index (χ2n) is 5.99. The molecule has 7 heteroatoms. The van der Waals surface area contributed by atoms with Crippen molar-refractivity contribution in [1.29, 1.82) is 0 Å². The molecule has 110 valence electrons. The molecule has 0 unspecified atom stereocenters. The van der Waals surface area contributed by atoms with Crippen molar-refractivity contribution < 1.29 is 0 Å². The normalized spacial score (nSPS) is 12.0. The predicted octanol–water partition coefficient (Wildman–Crippen LogP) is 3.17. The molecule has 0 atom stereocenters. The Morgan fingerprint density at radius 1 is 1.33 bits per heavy atom. The third-order valence-corrected chi connectivity index (χ3v) is 3.54. The summed E-state index contributed by atoms with van der Waals surface area (Å²) in [6, 6.07) is 5.87. The number of aromatic nitrogens is 5. The maximum Gasteiger partial charge on any atom is 0.243 e. The molecule has 21 heavy (non-hydrogen) atoms. The molecule has 0 radical (unpaired) electrons. The highest BCUT2D eigenvalue weighted by molar-refractivity contribution is 6.28. The van der Waals surface area contributed by atoms with Gasteiger partial charge in [-0.15, -0.1) is 5.10 Å². The van der Waals surface area contributed by atoms with Crippen LogP contribution in [0.25, 0.3) is 5.52 Å². The number of hydrogen-bond acceptors (Lipinski definition) is 4. The van der Waals surface area contributed by atoms with Crippen molar-refractivity contribution >= 4 is 28.8 Å². The van der Waals surface area contributed by atoms with E-state index in [1.807, 2.05) is 36.3 Å². The van der Waals surface area contributed by atoms with Crippen LogP contribution < -0.4 is 4.90 Å². The third kappa shape index (κ3) is 2.47. The Balaban J connectivity index is 2.06. The van der Waals surface area contributed by atoms with Crippen LogP contribution in [0.2, 0.25) is 5.28 Å². The molecule has 0 aliphatic rings. The van der Waals surface area contributed by atoms with Gasteiger partial charge in [0.15, 0.2) is 11.6 Å². The van der Waals surface area contributed by atoms with Crippen LogP contribution in [-0.4, -0.2) is 31.8 Å². The van der Waals surface area contributed by atoms with Gasteiger partial charge in [0.1, 0.15) is 5.52 Å². The van der Waals surface area contributed by atoms with Gasteiger partial charge in [0.05, 0.1) is 0 Å². The molecule has 3 aromatic heterocycles. The minimum atomic E-state index is 0.0137. The lowest BCUT2D eigenvalue weighted by Gasteiger charge is -2.17. The first-order valence-electron chi connectivity index (χ1n) is 6.67. The van der Waals surface area contributed by atoms with Gasteiger partial charge in [0, 0.05) is 30.4 Å². The van der Waals surface area contributed by atoms with Crippen molar-refractivity contribution in [2.75, 3.05) is 11.9 Å². The molecule has 3 aromatic rings. The SMILES string of the molecule is CN(c1cc(C(C)(C)C)[nH]n1)c1nc(Cl)nn2cccc12. The number of nitrogens with zero attached hydrogens (tertiary/aromatic N) is 5. The quantitative estimate of drug-likeness (QED) is 0.790. The highest BCUT2D eigenvalue weighted by atomic mass is 35.5. The summed E-state index contributed by atoms with van der Waals surface area (Å²) < 4.78 is 1.71. The number of H-pyrrole nitrogens is 1. The fourth-order valence-corrected chi connectivity index (χ4v) is 2.28. The second-order valence-corrected chi connectivity index (χ2v) is 6.33. The summed E-state index contributed by atoms with van der Waals surface area (Å²) in [6.45, 7) is 6.41. The second kappa shape index (κ2) is 4.73. The Hall–Kier alpha value is -2.08. The maximum atomic E-state index is 5.99. The Morgan fingerprint density at radius 2 is 2.10 bits per heavy atom. The van der Waals surface area contributed by atoms with Gasteiger partial charge in [0.25, 0.3) is 0 Å². The Kier molecular flexibility index (Phi) is 3.13. The minimum absolute atomic E-state index is 0.0137. The van der Waals surface area contributed by atoms with E-state index in [2.05, 4.69) is 41.1 Å². The number of halogens is 1. The van der Waals surface area contributed by atoms with Crippen molar-refractivity contribution in [3.05, 3.63) is 35.4 Å². The molecule has 1 N–H and O–H groups in total. The monoisotopic (exact) mass is 304 g/mol. The van der Waals surface area contributed by atoms with E-state index >= 15 is 0 Å². The summed E-state index contributed by atoms with van der Waals surface area (Å²) in [5.74, 6) is 1.50. The lowest BCUT2D eigenvalue weighted by molar-refractivity contribution is 0.567. The Labute approximate surface area is 127 Å². The van der Waals surface area contributed by atoms with E-state index < -0.39 is 0 Å². The van der Waals surface area contributed by atoms with Crippen molar-refractivity contribution in [3.63, 3.8) is 0 Å². The zero-order valence-corrected chi connectivity index (χ0v) is 13.2. The van der Waals surface area contributed by atoms with Gasteiger partial charge in [-0.2, -0.15) is 10.1 Å². The average molecular weight is 305 g/mol. The van der Waals surface area contributed by atoms with Crippen LogP contribution in [-0.2, 0) is 5.41 Å². The number of rotatable bonds is 2.